The van der Waals surface area contributed by atoms with Crippen LogP contribution in [-0.4, -0.2) is 69.4 Å². The second-order valence-electron chi connectivity index (χ2n) is 25.0. The first kappa shape index (κ1) is 81.9. The van der Waals surface area contributed by atoms with Crippen molar-refractivity contribution in [2.75, 3.05) is 40.9 Å². The summed E-state index contributed by atoms with van der Waals surface area (Å²) in [7, 11) is 1.16. The van der Waals surface area contributed by atoms with Crippen molar-refractivity contribution < 1.29 is 37.3 Å². The van der Waals surface area contributed by atoms with Crippen molar-refractivity contribution in [1.82, 2.24) is 5.32 Å². The maximum absolute atomic E-state index is 13.6. The molecule has 85 heavy (non-hydrogen) atoms. The standard InChI is InChI=1S/C75H135N2O7P/c1-7-10-13-16-19-22-25-28-30-32-34-35-36-37-38-39-40-41-43-45-47-50-53-56-59-62-65-68-75(79)84-73(66-63-60-57-54-51-48-27-24-21-18-15-12-9-3)72(71-83-85(80,81)82-70-69-77(4,5)6)76-74(78)67-64-61-58-55-52-49-46-44-42-33-31-29-26-23-20-17-14-11-8-2/h11,14,19-20,22-23,28-31,42,44,49,52,63,66,72-73H,7-10,12-13,15-18,21,24-27,32-41,43,45-48,50-51,53-62,64-65,67-71H2,1-6H3,(H-,76,78,80,81)/b14-11-,22-19-,23-20-,30-28-,31-29-,44-42-,52-49-,66-63-. The van der Waals surface area contributed by atoms with E-state index in [-0.39, 0.29) is 31.3 Å². The Hall–Kier alpha value is -3.07. The van der Waals surface area contributed by atoms with Crippen LogP contribution in [-0.2, 0) is 27.9 Å². The van der Waals surface area contributed by atoms with Crippen molar-refractivity contribution in [3.8, 4) is 0 Å². The van der Waals surface area contributed by atoms with E-state index in [0.29, 0.717) is 17.4 Å². The molecular formula is C75H135N2O7P. The molecule has 0 spiro atoms. The molecule has 0 bridgehead atoms. The monoisotopic (exact) mass is 1210 g/mol. The number of hydrogen-bond donors (Lipinski definition) is 1. The van der Waals surface area contributed by atoms with Gasteiger partial charge >= 0.3 is 5.97 Å². The molecule has 3 atom stereocenters. The van der Waals surface area contributed by atoms with Crippen molar-refractivity contribution >= 4 is 19.7 Å². The fourth-order valence-corrected chi connectivity index (χ4v) is 10.8. The highest BCUT2D eigenvalue weighted by Crippen LogP contribution is 2.38. The number of unbranched alkanes of at least 4 members (excludes halogenated alkanes) is 34. The number of nitrogens with one attached hydrogen (secondary N) is 1. The van der Waals surface area contributed by atoms with E-state index in [9.17, 15) is 19.0 Å². The topological polar surface area (TPSA) is 114 Å². The molecule has 0 aliphatic heterocycles. The van der Waals surface area contributed by atoms with Gasteiger partial charge < -0.3 is 28.5 Å². The molecule has 0 aliphatic carbocycles. The largest absolute Gasteiger partial charge is 0.756 e. The zero-order chi connectivity index (χ0) is 62.1. The number of esters is 1. The molecule has 0 heterocycles. The molecule has 10 heteroatoms. The molecule has 3 unspecified atom stereocenters. The minimum absolute atomic E-state index is 0.0320. The van der Waals surface area contributed by atoms with Crippen molar-refractivity contribution in [2.45, 2.75) is 328 Å². The Morgan fingerprint density at radius 3 is 1.16 bits per heavy atom. The number of carbonyl (C=O) groups excluding carboxylic acids is 2. The third-order valence-corrected chi connectivity index (χ3v) is 16.5. The highest BCUT2D eigenvalue weighted by molar-refractivity contribution is 7.45. The first-order valence-corrected chi connectivity index (χ1v) is 37.0. The molecule has 0 saturated heterocycles. The van der Waals surface area contributed by atoms with Gasteiger partial charge in [-0.1, -0.05) is 292 Å². The van der Waals surface area contributed by atoms with Crippen LogP contribution in [0.15, 0.2) is 97.2 Å². The fraction of sp³-hybridized carbons (Fsp3) is 0.760. The predicted octanol–water partition coefficient (Wildman–Crippen LogP) is 22.0. The van der Waals surface area contributed by atoms with Crippen molar-refractivity contribution in [1.29, 1.82) is 0 Å². The number of hydrogen-bond acceptors (Lipinski definition) is 7. The third-order valence-electron chi connectivity index (χ3n) is 15.5. The number of quaternary nitrogens is 1. The number of nitrogens with zero attached hydrogens (tertiary/aromatic N) is 1. The fourth-order valence-electron chi connectivity index (χ4n) is 10.1. The van der Waals surface area contributed by atoms with Crippen LogP contribution >= 0.6 is 7.82 Å². The maximum Gasteiger partial charge on any atom is 0.306 e. The lowest BCUT2D eigenvalue weighted by molar-refractivity contribution is -0.870. The van der Waals surface area contributed by atoms with Gasteiger partial charge in [-0.2, -0.15) is 0 Å². The minimum Gasteiger partial charge on any atom is -0.756 e. The molecule has 1 amide bonds. The first-order chi connectivity index (χ1) is 41.4. The normalized spacial score (nSPS) is 14.1. The van der Waals surface area contributed by atoms with Crippen LogP contribution in [0.2, 0.25) is 0 Å². The van der Waals surface area contributed by atoms with Crippen LogP contribution in [0.3, 0.4) is 0 Å². The summed E-state index contributed by atoms with van der Waals surface area (Å²) in [4.78, 5) is 40.2. The van der Waals surface area contributed by atoms with Crippen LogP contribution in [0.5, 0.6) is 0 Å². The zero-order valence-electron chi connectivity index (χ0n) is 56.3. The molecule has 0 fully saturated rings. The molecule has 0 radical (unpaired) electrons. The Morgan fingerprint density at radius 1 is 0.424 bits per heavy atom. The number of amides is 1. The van der Waals surface area contributed by atoms with E-state index in [1.165, 1.54) is 180 Å². The van der Waals surface area contributed by atoms with Crippen LogP contribution < -0.4 is 10.2 Å². The summed E-state index contributed by atoms with van der Waals surface area (Å²) in [5.74, 6) is -0.573. The minimum atomic E-state index is -4.72. The van der Waals surface area contributed by atoms with Gasteiger partial charge in [0.2, 0.25) is 5.91 Å². The summed E-state index contributed by atoms with van der Waals surface area (Å²) in [6, 6.07) is -0.911. The Kier molecular flexibility index (Phi) is 61.6. The molecule has 0 rings (SSSR count). The number of phosphoric acid groups is 1. The van der Waals surface area contributed by atoms with E-state index in [0.717, 1.165) is 96.3 Å². The summed E-state index contributed by atoms with van der Waals surface area (Å²) in [6.07, 6.45) is 86.8. The molecule has 0 aromatic rings. The number of rotatable bonds is 64. The Bertz CT molecular complexity index is 1780. The van der Waals surface area contributed by atoms with Crippen LogP contribution in [0.4, 0.5) is 0 Å². The Balaban J connectivity index is 5.10. The van der Waals surface area contributed by atoms with Gasteiger partial charge in [-0.15, -0.1) is 0 Å². The van der Waals surface area contributed by atoms with Crippen molar-refractivity contribution in [3.63, 3.8) is 0 Å². The smallest absolute Gasteiger partial charge is 0.306 e. The summed E-state index contributed by atoms with van der Waals surface area (Å²) < 4.78 is 30.4. The quantitative estimate of drug-likeness (QED) is 0.0212. The predicted molar refractivity (Wildman–Crippen MR) is 367 cm³/mol. The Morgan fingerprint density at radius 2 is 0.753 bits per heavy atom. The molecule has 492 valence electrons. The number of phosphoric ester groups is 1. The van der Waals surface area contributed by atoms with Gasteiger partial charge in [0.1, 0.15) is 19.3 Å². The molecule has 0 aliphatic rings. The third kappa shape index (κ3) is 65.2. The van der Waals surface area contributed by atoms with E-state index >= 15 is 0 Å². The summed E-state index contributed by atoms with van der Waals surface area (Å²) >= 11 is 0. The van der Waals surface area contributed by atoms with Gasteiger partial charge in [-0.05, 0) is 109 Å². The maximum atomic E-state index is 13.6. The van der Waals surface area contributed by atoms with Crippen molar-refractivity contribution in [3.05, 3.63) is 97.2 Å². The molecule has 0 saturated carbocycles. The van der Waals surface area contributed by atoms with Gasteiger partial charge in [0.15, 0.2) is 0 Å². The number of ether oxygens (including phenoxy) is 1. The second kappa shape index (κ2) is 63.9. The van der Waals surface area contributed by atoms with Crippen LogP contribution in [0.1, 0.15) is 316 Å². The lowest BCUT2D eigenvalue weighted by Crippen LogP contribution is -2.47. The summed E-state index contributed by atoms with van der Waals surface area (Å²) in [5, 5.41) is 3.02. The summed E-state index contributed by atoms with van der Waals surface area (Å²) in [5.41, 5.74) is 0. The lowest BCUT2D eigenvalue weighted by atomic mass is 10.0. The first-order valence-electron chi connectivity index (χ1n) is 35.5. The van der Waals surface area contributed by atoms with Gasteiger partial charge in [-0.3, -0.25) is 14.2 Å². The van der Waals surface area contributed by atoms with Crippen LogP contribution in [0.25, 0.3) is 0 Å². The van der Waals surface area contributed by atoms with Crippen molar-refractivity contribution in [2.24, 2.45) is 0 Å². The average molecular weight is 1210 g/mol. The molecule has 0 aromatic heterocycles. The van der Waals surface area contributed by atoms with Gasteiger partial charge in [0.05, 0.1) is 33.8 Å². The van der Waals surface area contributed by atoms with Gasteiger partial charge in [0, 0.05) is 12.8 Å². The average Bonchev–Trinajstić information content (AvgIpc) is 3.50. The van der Waals surface area contributed by atoms with E-state index in [1.807, 2.05) is 33.3 Å². The van der Waals surface area contributed by atoms with Gasteiger partial charge in [0.25, 0.3) is 7.82 Å². The molecule has 1 N–H and O–H groups in total. The van der Waals surface area contributed by atoms with E-state index in [1.54, 1.807) is 0 Å². The Labute approximate surface area is 526 Å². The lowest BCUT2D eigenvalue weighted by Gasteiger charge is -2.30. The highest BCUT2D eigenvalue weighted by Gasteiger charge is 2.27. The van der Waals surface area contributed by atoms with Gasteiger partial charge in [-0.25, -0.2) is 0 Å². The summed E-state index contributed by atoms with van der Waals surface area (Å²) in [6.45, 7) is 6.70. The number of carbonyl (C=O) groups is 2. The second-order valence-corrected chi connectivity index (χ2v) is 26.4. The van der Waals surface area contributed by atoms with E-state index in [4.69, 9.17) is 13.8 Å². The number of allylic oxidation sites excluding steroid dienone is 15. The SMILES string of the molecule is CC/C=C\C/C=C\C/C=C\C/C=C\C/C=C\CCCCCC(=O)NC(COP(=O)([O-])OCC[N+](C)(C)C)C(/C=C\CCCCCCCCCCCCC)OC(=O)CCCCCCCCCCCCCCCCCCC/C=C\C/C=C\CCCCC. The highest BCUT2D eigenvalue weighted by atomic mass is 31.2. The zero-order valence-corrected chi connectivity index (χ0v) is 57.2. The number of likely N-dealkylation sites (N-methyl/N-ethyl adjacent to an activating group) is 1. The van der Waals surface area contributed by atoms with E-state index < -0.39 is 26.6 Å². The van der Waals surface area contributed by atoms with E-state index in [2.05, 4.69) is 111 Å². The van der Waals surface area contributed by atoms with Crippen LogP contribution in [0, 0.1) is 0 Å². The molecule has 9 nitrogen and oxygen atoms in total. The molecule has 0 aromatic carbocycles. The molecular weight excluding hydrogens is 1070 g/mol.